The van der Waals surface area contributed by atoms with Crippen molar-refractivity contribution in [2.75, 3.05) is 6.54 Å². The Kier molecular flexibility index (Phi) is 4.82. The molecule has 2 heterocycles. The first-order valence-corrected chi connectivity index (χ1v) is 9.60. The first kappa shape index (κ1) is 17.6. The zero-order chi connectivity index (χ0) is 18.8. The molecule has 4 rings (SSSR count). The van der Waals surface area contributed by atoms with Crippen molar-refractivity contribution < 1.29 is 0 Å². The molecule has 2 aromatic carbocycles. The van der Waals surface area contributed by atoms with Crippen molar-refractivity contribution >= 4 is 21.8 Å². The fourth-order valence-corrected chi connectivity index (χ4v) is 3.68. The van der Waals surface area contributed by atoms with Gasteiger partial charge in [-0.05, 0) is 61.0 Å². The van der Waals surface area contributed by atoms with E-state index in [0.29, 0.717) is 0 Å². The lowest BCUT2D eigenvalue weighted by Gasteiger charge is -2.15. The van der Waals surface area contributed by atoms with E-state index in [4.69, 9.17) is 0 Å². The van der Waals surface area contributed by atoms with Gasteiger partial charge in [-0.1, -0.05) is 37.3 Å². The third-order valence-electron chi connectivity index (χ3n) is 5.35. The molecule has 0 bridgehead atoms. The maximum atomic E-state index is 12.1. The van der Waals surface area contributed by atoms with Gasteiger partial charge in [0.1, 0.15) is 0 Å². The molecule has 0 aliphatic carbocycles. The lowest BCUT2D eigenvalue weighted by molar-refractivity contribution is 0.578. The number of fused-ring (bicyclic) bond motifs is 2. The van der Waals surface area contributed by atoms with Gasteiger partial charge in [0.15, 0.2) is 0 Å². The smallest absolute Gasteiger partial charge is 0.251 e. The number of rotatable bonds is 6. The first-order chi connectivity index (χ1) is 13.2. The van der Waals surface area contributed by atoms with Gasteiger partial charge in [-0.3, -0.25) is 4.79 Å². The molecule has 0 aliphatic heterocycles. The second-order valence-electron chi connectivity index (χ2n) is 7.11. The summed E-state index contributed by atoms with van der Waals surface area (Å²) in [4.78, 5) is 18.4. The van der Waals surface area contributed by atoms with Crippen molar-refractivity contribution in [1.29, 1.82) is 0 Å². The number of pyridine rings is 1. The van der Waals surface area contributed by atoms with E-state index in [2.05, 4.69) is 70.9 Å². The average Bonchev–Trinajstić information content (AvgIpc) is 3.10. The Hall–Kier alpha value is -2.85. The number of hydrogen-bond acceptors (Lipinski definition) is 2. The van der Waals surface area contributed by atoms with E-state index in [-0.39, 0.29) is 11.6 Å². The highest BCUT2D eigenvalue weighted by Crippen LogP contribution is 2.20. The number of hydrogen-bond donors (Lipinski definition) is 3. The van der Waals surface area contributed by atoms with Crippen LogP contribution in [0.2, 0.25) is 0 Å². The SMILES string of the molecule is CCc1cc2ccc(C(C)NCCc3c[nH]c4ccccc34)cc2[nH]c1=O. The van der Waals surface area contributed by atoms with E-state index in [9.17, 15) is 4.79 Å². The molecule has 4 nitrogen and oxygen atoms in total. The van der Waals surface area contributed by atoms with Crippen LogP contribution in [0.4, 0.5) is 0 Å². The van der Waals surface area contributed by atoms with Crippen LogP contribution in [0.25, 0.3) is 21.8 Å². The zero-order valence-electron chi connectivity index (χ0n) is 15.8. The summed E-state index contributed by atoms with van der Waals surface area (Å²) in [6.45, 7) is 5.06. The normalized spacial score (nSPS) is 12.7. The van der Waals surface area contributed by atoms with Crippen LogP contribution in [0.15, 0.2) is 59.5 Å². The molecule has 4 aromatic rings. The number of benzene rings is 2. The highest BCUT2D eigenvalue weighted by Gasteiger charge is 2.09. The van der Waals surface area contributed by atoms with Crippen molar-refractivity contribution in [2.45, 2.75) is 32.7 Å². The van der Waals surface area contributed by atoms with E-state index >= 15 is 0 Å². The third-order valence-corrected chi connectivity index (χ3v) is 5.35. The molecule has 1 unspecified atom stereocenters. The topological polar surface area (TPSA) is 60.7 Å². The molecule has 138 valence electrons. The van der Waals surface area contributed by atoms with E-state index in [0.717, 1.165) is 35.9 Å². The summed E-state index contributed by atoms with van der Waals surface area (Å²) in [6.07, 6.45) is 3.82. The minimum absolute atomic E-state index is 0.0158. The van der Waals surface area contributed by atoms with Crippen LogP contribution in [0.1, 0.15) is 36.6 Å². The van der Waals surface area contributed by atoms with Crippen LogP contribution in [0.3, 0.4) is 0 Å². The number of H-pyrrole nitrogens is 2. The monoisotopic (exact) mass is 359 g/mol. The summed E-state index contributed by atoms with van der Waals surface area (Å²) in [5, 5.41) is 5.98. The van der Waals surface area contributed by atoms with Gasteiger partial charge >= 0.3 is 0 Å². The minimum Gasteiger partial charge on any atom is -0.361 e. The fraction of sp³-hybridized carbons (Fsp3) is 0.261. The van der Waals surface area contributed by atoms with Crippen LogP contribution < -0.4 is 10.9 Å². The van der Waals surface area contributed by atoms with Crippen molar-refractivity contribution in [1.82, 2.24) is 15.3 Å². The number of aryl methyl sites for hydroxylation is 1. The van der Waals surface area contributed by atoms with E-state index in [1.807, 2.05) is 13.0 Å². The van der Waals surface area contributed by atoms with Crippen LogP contribution in [0.5, 0.6) is 0 Å². The maximum Gasteiger partial charge on any atom is 0.251 e. The first-order valence-electron chi connectivity index (χ1n) is 9.60. The molecule has 0 spiro atoms. The standard InChI is InChI=1S/C23H25N3O/c1-3-16-12-18-9-8-17(13-22(18)26-23(16)27)15(2)24-11-10-19-14-25-21-7-5-4-6-20(19)21/h4-9,12-15,24-25H,3,10-11H2,1-2H3,(H,26,27). The van der Waals surface area contributed by atoms with Crippen molar-refractivity contribution in [2.24, 2.45) is 0 Å². The Balaban J connectivity index is 1.46. The number of aromatic nitrogens is 2. The van der Waals surface area contributed by atoms with Gasteiger partial charge in [0.2, 0.25) is 0 Å². The molecule has 4 heteroatoms. The Labute approximate surface area is 158 Å². The van der Waals surface area contributed by atoms with Crippen LogP contribution >= 0.6 is 0 Å². The van der Waals surface area contributed by atoms with E-state index in [1.165, 1.54) is 22.0 Å². The van der Waals surface area contributed by atoms with Crippen LogP contribution in [-0.4, -0.2) is 16.5 Å². The van der Waals surface area contributed by atoms with Crippen LogP contribution in [-0.2, 0) is 12.8 Å². The largest absolute Gasteiger partial charge is 0.361 e. The quantitative estimate of drug-likeness (QED) is 0.476. The maximum absolute atomic E-state index is 12.1. The van der Waals surface area contributed by atoms with Gasteiger partial charge < -0.3 is 15.3 Å². The summed E-state index contributed by atoms with van der Waals surface area (Å²) < 4.78 is 0. The Morgan fingerprint density at radius 1 is 1.04 bits per heavy atom. The highest BCUT2D eigenvalue weighted by atomic mass is 16.1. The molecule has 1 atom stereocenters. The molecular weight excluding hydrogens is 334 g/mol. The van der Waals surface area contributed by atoms with Gasteiger partial charge in [0, 0.05) is 34.2 Å². The summed E-state index contributed by atoms with van der Waals surface area (Å²) in [5.41, 5.74) is 5.45. The van der Waals surface area contributed by atoms with Gasteiger partial charge in [0.25, 0.3) is 5.56 Å². The van der Waals surface area contributed by atoms with Crippen molar-refractivity contribution in [3.05, 3.63) is 81.8 Å². The molecule has 0 radical (unpaired) electrons. The second-order valence-corrected chi connectivity index (χ2v) is 7.11. The van der Waals surface area contributed by atoms with Crippen molar-refractivity contribution in [3.63, 3.8) is 0 Å². The Morgan fingerprint density at radius 3 is 2.74 bits per heavy atom. The second kappa shape index (κ2) is 7.41. The van der Waals surface area contributed by atoms with E-state index in [1.54, 1.807) is 0 Å². The van der Waals surface area contributed by atoms with Gasteiger partial charge in [-0.25, -0.2) is 0 Å². The molecular formula is C23H25N3O. The predicted octanol–water partition coefficient (Wildman–Crippen LogP) is 4.47. The van der Waals surface area contributed by atoms with Gasteiger partial charge in [0.05, 0.1) is 0 Å². The average molecular weight is 359 g/mol. The molecule has 0 aliphatic rings. The van der Waals surface area contributed by atoms with E-state index < -0.39 is 0 Å². The molecule has 0 saturated heterocycles. The lowest BCUT2D eigenvalue weighted by Crippen LogP contribution is -2.21. The molecule has 3 N–H and O–H groups in total. The Bertz CT molecular complexity index is 1140. The molecule has 0 saturated carbocycles. The molecule has 2 aromatic heterocycles. The Morgan fingerprint density at radius 2 is 1.89 bits per heavy atom. The lowest BCUT2D eigenvalue weighted by atomic mass is 10.0. The minimum atomic E-state index is 0.0158. The fourth-order valence-electron chi connectivity index (χ4n) is 3.68. The summed E-state index contributed by atoms with van der Waals surface area (Å²) in [5.74, 6) is 0. The highest BCUT2D eigenvalue weighted by molar-refractivity contribution is 5.83. The van der Waals surface area contributed by atoms with Gasteiger partial charge in [-0.2, -0.15) is 0 Å². The number of para-hydroxylation sites is 1. The summed E-state index contributed by atoms with van der Waals surface area (Å²) in [7, 11) is 0. The number of aromatic amines is 2. The van der Waals surface area contributed by atoms with Gasteiger partial charge in [-0.15, -0.1) is 0 Å². The van der Waals surface area contributed by atoms with Crippen LogP contribution in [0, 0.1) is 0 Å². The summed E-state index contributed by atoms with van der Waals surface area (Å²) >= 11 is 0. The van der Waals surface area contributed by atoms with Crippen molar-refractivity contribution in [3.8, 4) is 0 Å². The third kappa shape index (κ3) is 3.53. The molecule has 0 amide bonds. The molecule has 27 heavy (non-hydrogen) atoms. The number of nitrogens with one attached hydrogen (secondary N) is 3. The summed E-state index contributed by atoms with van der Waals surface area (Å²) in [6, 6.07) is 16.9. The zero-order valence-corrected chi connectivity index (χ0v) is 15.8. The molecule has 0 fully saturated rings. The predicted molar refractivity (Wildman–Crippen MR) is 112 cm³/mol.